The molecule has 0 aliphatic heterocycles. The van der Waals surface area contributed by atoms with Crippen LogP contribution in [-0.4, -0.2) is 37.6 Å². The van der Waals surface area contributed by atoms with Crippen molar-refractivity contribution in [3.8, 4) is 11.3 Å². The van der Waals surface area contributed by atoms with Crippen LogP contribution in [0, 0.1) is 6.92 Å². The van der Waals surface area contributed by atoms with Gasteiger partial charge in [0, 0.05) is 18.9 Å². The van der Waals surface area contributed by atoms with E-state index in [-0.39, 0.29) is 17.4 Å². The van der Waals surface area contributed by atoms with Crippen molar-refractivity contribution in [3.63, 3.8) is 0 Å². The maximum atomic E-state index is 13.6. The number of aromatic nitrogens is 2. The van der Waals surface area contributed by atoms with Gasteiger partial charge in [0.25, 0.3) is 0 Å². The Morgan fingerprint density at radius 2 is 1.39 bits per heavy atom. The zero-order valence-corrected chi connectivity index (χ0v) is 21.7. The highest BCUT2D eigenvalue weighted by molar-refractivity contribution is 7.90. The first kappa shape index (κ1) is 29.1. The maximum absolute atomic E-state index is 13.6. The van der Waals surface area contributed by atoms with Crippen LogP contribution in [-0.2, 0) is 32.4 Å². The monoisotopic (exact) mass is 559 g/mol. The molecule has 0 saturated carbocycles. The first-order valence-electron chi connectivity index (χ1n) is 11.0. The minimum atomic E-state index is -5.09. The number of alkyl halides is 6. The number of rotatable bonds is 5. The molecule has 1 amide bonds. The summed E-state index contributed by atoms with van der Waals surface area (Å²) in [5.74, 6) is -0.879. The molecule has 0 unspecified atom stereocenters. The summed E-state index contributed by atoms with van der Waals surface area (Å²) in [7, 11) is -2.60. The molecule has 0 saturated heterocycles. The van der Waals surface area contributed by atoms with E-state index in [9.17, 15) is 39.6 Å². The molecule has 0 radical (unpaired) electrons. The number of anilines is 1. The summed E-state index contributed by atoms with van der Waals surface area (Å²) in [4.78, 5) is 22.6. The van der Waals surface area contributed by atoms with Crippen LogP contribution in [0.15, 0.2) is 53.8 Å². The van der Waals surface area contributed by atoms with E-state index >= 15 is 0 Å². The van der Waals surface area contributed by atoms with Gasteiger partial charge in [-0.3, -0.25) is 4.79 Å². The van der Waals surface area contributed by atoms with E-state index in [1.165, 1.54) is 20.9 Å². The van der Waals surface area contributed by atoms with Crippen LogP contribution in [0.1, 0.15) is 36.1 Å². The Morgan fingerprint density at radius 1 is 0.895 bits per heavy atom. The van der Waals surface area contributed by atoms with Crippen LogP contribution in [0.2, 0.25) is 0 Å². The molecule has 1 heterocycles. The number of sulfone groups is 1. The van der Waals surface area contributed by atoms with E-state index in [4.69, 9.17) is 0 Å². The van der Waals surface area contributed by atoms with Gasteiger partial charge in [0.2, 0.25) is 20.9 Å². The van der Waals surface area contributed by atoms with E-state index in [2.05, 4.69) is 9.97 Å². The number of halogens is 6. The van der Waals surface area contributed by atoms with Crippen molar-refractivity contribution in [1.82, 2.24) is 9.97 Å². The van der Waals surface area contributed by atoms with Crippen LogP contribution in [0.25, 0.3) is 11.3 Å². The molecule has 3 aromatic rings. The number of benzene rings is 2. The molecule has 1 aromatic heterocycles. The zero-order valence-electron chi connectivity index (χ0n) is 20.9. The largest absolute Gasteiger partial charge is 0.416 e. The molecule has 204 valence electrons. The highest BCUT2D eigenvalue weighted by Gasteiger charge is 2.41. The van der Waals surface area contributed by atoms with E-state index in [1.54, 1.807) is 31.2 Å². The highest BCUT2D eigenvalue weighted by atomic mass is 32.2. The van der Waals surface area contributed by atoms with Gasteiger partial charge in [-0.25, -0.2) is 18.4 Å². The molecule has 3 rings (SSSR count). The summed E-state index contributed by atoms with van der Waals surface area (Å²) in [5, 5.41) is -0.521. The highest BCUT2D eigenvalue weighted by Crippen LogP contribution is 2.40. The average Bonchev–Trinajstić information content (AvgIpc) is 2.81. The lowest BCUT2D eigenvalue weighted by Gasteiger charge is -2.31. The summed E-state index contributed by atoms with van der Waals surface area (Å²) < 4.78 is 105. The molecule has 2 aromatic carbocycles. The Morgan fingerprint density at radius 3 is 1.87 bits per heavy atom. The van der Waals surface area contributed by atoms with Gasteiger partial charge in [0.15, 0.2) is 0 Å². The second kappa shape index (κ2) is 9.68. The molecule has 13 heteroatoms. The second-order valence-corrected chi connectivity index (χ2v) is 11.2. The fraction of sp³-hybridized carbons (Fsp3) is 0.320. The molecule has 0 N–H and O–H groups in total. The van der Waals surface area contributed by atoms with Gasteiger partial charge in [-0.2, -0.15) is 26.3 Å². The van der Waals surface area contributed by atoms with Gasteiger partial charge in [-0.15, -0.1) is 0 Å². The van der Waals surface area contributed by atoms with Crippen LogP contribution < -0.4 is 4.90 Å². The van der Waals surface area contributed by atoms with E-state index in [0.717, 1.165) is 17.4 Å². The van der Waals surface area contributed by atoms with Gasteiger partial charge >= 0.3 is 12.4 Å². The normalized spacial score (nSPS) is 12.9. The summed E-state index contributed by atoms with van der Waals surface area (Å²) in [6, 6.07) is 7.72. The van der Waals surface area contributed by atoms with Crippen LogP contribution >= 0.6 is 0 Å². The van der Waals surface area contributed by atoms with Crippen LogP contribution in [0.3, 0.4) is 0 Å². The fourth-order valence-corrected chi connectivity index (χ4v) is 4.29. The van der Waals surface area contributed by atoms with Gasteiger partial charge in [0.1, 0.15) is 0 Å². The van der Waals surface area contributed by atoms with Gasteiger partial charge < -0.3 is 4.90 Å². The van der Waals surface area contributed by atoms with Crippen LogP contribution in [0.5, 0.6) is 0 Å². The Labute approximate surface area is 215 Å². The Kier molecular flexibility index (Phi) is 7.41. The standard InChI is InChI=1S/C25H23F6N3O3S/c1-14-8-6-7-9-18(14)20-19(13-32-22(33-20)38(5,36)37)34(4)21(35)23(2,3)15-10-16(24(26,27)28)12-17(11-15)25(29,30)31/h6-13H,1-5H3. The van der Waals surface area contributed by atoms with Crippen molar-refractivity contribution in [1.29, 1.82) is 0 Å². The van der Waals surface area contributed by atoms with Crippen molar-refractivity contribution in [2.45, 2.75) is 43.7 Å². The van der Waals surface area contributed by atoms with Crippen LogP contribution in [0.4, 0.5) is 32.0 Å². The maximum Gasteiger partial charge on any atom is 0.416 e. The van der Waals surface area contributed by atoms with Crippen molar-refractivity contribution < 1.29 is 39.6 Å². The van der Waals surface area contributed by atoms with Crippen molar-refractivity contribution >= 4 is 21.4 Å². The number of hydrogen-bond donors (Lipinski definition) is 0. The van der Waals surface area contributed by atoms with E-state index in [0.29, 0.717) is 23.3 Å². The van der Waals surface area contributed by atoms with Gasteiger partial charge in [-0.05, 0) is 50.1 Å². The first-order valence-corrected chi connectivity index (χ1v) is 12.8. The zero-order chi connectivity index (χ0) is 28.8. The molecule has 0 spiro atoms. The molecule has 0 fully saturated rings. The topological polar surface area (TPSA) is 80.2 Å². The number of aryl methyl sites for hydroxylation is 1. The smallest absolute Gasteiger partial charge is 0.311 e. The summed E-state index contributed by atoms with van der Waals surface area (Å²) in [6.45, 7) is 4.11. The van der Waals surface area contributed by atoms with E-state index in [1.807, 2.05) is 0 Å². The predicted octanol–water partition coefficient (Wildman–Crippen LogP) is 5.83. The number of likely N-dealkylation sites (N-methyl/N-ethyl adjacent to an activating group) is 1. The number of amides is 1. The van der Waals surface area contributed by atoms with Crippen molar-refractivity contribution in [2.24, 2.45) is 0 Å². The molecular weight excluding hydrogens is 536 g/mol. The molecule has 0 aliphatic carbocycles. The third kappa shape index (κ3) is 5.82. The summed E-state index contributed by atoms with van der Waals surface area (Å²) in [6.07, 6.45) is -8.21. The summed E-state index contributed by atoms with van der Waals surface area (Å²) in [5.41, 5.74) is -4.32. The lowest BCUT2D eigenvalue weighted by atomic mass is 9.81. The minimum absolute atomic E-state index is 0.00722. The number of nitrogens with zero attached hydrogens (tertiary/aromatic N) is 3. The Hall–Kier alpha value is -3.48. The number of hydrogen-bond acceptors (Lipinski definition) is 5. The molecule has 0 atom stereocenters. The molecule has 0 bridgehead atoms. The van der Waals surface area contributed by atoms with Gasteiger partial charge in [-0.1, -0.05) is 24.3 Å². The molecule has 38 heavy (non-hydrogen) atoms. The molecule has 0 aliphatic rings. The summed E-state index contributed by atoms with van der Waals surface area (Å²) >= 11 is 0. The van der Waals surface area contributed by atoms with Crippen molar-refractivity contribution in [3.05, 3.63) is 70.9 Å². The fourth-order valence-electron chi connectivity index (χ4n) is 3.79. The third-order valence-corrected chi connectivity index (χ3v) is 6.85. The lowest BCUT2D eigenvalue weighted by molar-refractivity contribution is -0.143. The van der Waals surface area contributed by atoms with E-state index < -0.39 is 55.4 Å². The second-order valence-electron chi connectivity index (χ2n) is 9.26. The number of carbonyl (C=O) groups is 1. The van der Waals surface area contributed by atoms with Gasteiger partial charge in [0.05, 0.1) is 34.1 Å². The SMILES string of the molecule is Cc1ccccc1-c1nc(S(C)(=O)=O)ncc1N(C)C(=O)C(C)(C)c1cc(C(F)(F)F)cc(C(F)(F)F)c1. The number of carbonyl (C=O) groups excluding carboxylic acids is 1. The molecular formula is C25H23F6N3O3S. The quantitative estimate of drug-likeness (QED) is 0.290. The predicted molar refractivity (Wildman–Crippen MR) is 128 cm³/mol. The lowest BCUT2D eigenvalue weighted by Crippen LogP contribution is -2.42. The average molecular weight is 560 g/mol. The first-order chi connectivity index (χ1) is 17.2. The van der Waals surface area contributed by atoms with Crippen molar-refractivity contribution in [2.75, 3.05) is 18.2 Å². The Bertz CT molecular complexity index is 1470. The Balaban J connectivity index is 2.19. The third-order valence-electron chi connectivity index (χ3n) is 5.99. The molecule has 6 nitrogen and oxygen atoms in total. The minimum Gasteiger partial charge on any atom is -0.311 e.